The Morgan fingerprint density at radius 2 is 1.95 bits per heavy atom. The number of fused-ring (bicyclic) bond motifs is 1. The number of aromatic hydroxyl groups is 1. The molecule has 0 saturated carbocycles. The number of halogens is 1. The summed E-state index contributed by atoms with van der Waals surface area (Å²) >= 11 is 0. The van der Waals surface area contributed by atoms with Crippen LogP contribution in [-0.4, -0.2) is 16.9 Å². The lowest BCUT2D eigenvalue weighted by atomic mass is 9.95. The predicted octanol–water partition coefficient (Wildman–Crippen LogP) is 2.18. The molecule has 2 aromatic carbocycles. The van der Waals surface area contributed by atoms with Crippen LogP contribution in [0, 0.1) is 5.82 Å². The number of aryl methyl sites for hydroxylation is 1. The quantitative estimate of drug-likeness (QED) is 0.793. The minimum atomic E-state index is -0.706. The van der Waals surface area contributed by atoms with E-state index in [0.29, 0.717) is 24.1 Å². The molecule has 6 heteroatoms. The van der Waals surface area contributed by atoms with Gasteiger partial charge in [0.1, 0.15) is 11.6 Å². The molecule has 22 heavy (non-hydrogen) atoms. The van der Waals surface area contributed by atoms with Gasteiger partial charge in [0, 0.05) is 23.2 Å². The molecule has 0 bridgehead atoms. The van der Waals surface area contributed by atoms with Crippen molar-refractivity contribution in [2.24, 2.45) is 5.73 Å². The van der Waals surface area contributed by atoms with E-state index >= 15 is 0 Å². The molecule has 1 aliphatic rings. The Labute approximate surface area is 125 Å². The van der Waals surface area contributed by atoms with E-state index in [9.17, 15) is 19.1 Å². The van der Waals surface area contributed by atoms with E-state index in [1.54, 1.807) is 6.07 Å². The van der Waals surface area contributed by atoms with E-state index in [-0.39, 0.29) is 22.8 Å². The van der Waals surface area contributed by atoms with Gasteiger partial charge in [0.2, 0.25) is 11.8 Å². The van der Waals surface area contributed by atoms with Crippen LogP contribution < -0.4 is 11.1 Å². The SMILES string of the molecule is NC(=O)c1cc(O)cc(-c2cc3c(cc2F)NC(=O)CC3)c1. The number of anilines is 1. The molecule has 0 atom stereocenters. The van der Waals surface area contributed by atoms with E-state index in [0.717, 1.165) is 5.56 Å². The Morgan fingerprint density at radius 1 is 1.18 bits per heavy atom. The van der Waals surface area contributed by atoms with Crippen LogP contribution in [0.1, 0.15) is 22.3 Å². The molecule has 0 fully saturated rings. The van der Waals surface area contributed by atoms with Gasteiger partial charge in [-0.05, 0) is 47.9 Å². The Kier molecular flexibility index (Phi) is 3.29. The lowest BCUT2D eigenvalue weighted by Gasteiger charge is -2.18. The van der Waals surface area contributed by atoms with Gasteiger partial charge in [-0.2, -0.15) is 0 Å². The zero-order chi connectivity index (χ0) is 15.9. The summed E-state index contributed by atoms with van der Waals surface area (Å²) in [5, 5.41) is 12.3. The van der Waals surface area contributed by atoms with Gasteiger partial charge in [0.25, 0.3) is 0 Å². The number of nitrogens with one attached hydrogen (secondary N) is 1. The topological polar surface area (TPSA) is 92.4 Å². The van der Waals surface area contributed by atoms with Gasteiger partial charge in [-0.3, -0.25) is 9.59 Å². The number of carbonyl (C=O) groups is 2. The molecule has 0 saturated heterocycles. The van der Waals surface area contributed by atoms with Gasteiger partial charge in [0.15, 0.2) is 0 Å². The number of hydrogen-bond acceptors (Lipinski definition) is 3. The lowest BCUT2D eigenvalue weighted by molar-refractivity contribution is -0.116. The zero-order valence-corrected chi connectivity index (χ0v) is 11.5. The van der Waals surface area contributed by atoms with Crippen molar-refractivity contribution in [2.45, 2.75) is 12.8 Å². The van der Waals surface area contributed by atoms with E-state index in [4.69, 9.17) is 5.73 Å². The number of amides is 2. The summed E-state index contributed by atoms with van der Waals surface area (Å²) < 4.78 is 14.3. The second kappa shape index (κ2) is 5.14. The highest BCUT2D eigenvalue weighted by atomic mass is 19.1. The van der Waals surface area contributed by atoms with Crippen molar-refractivity contribution < 1.29 is 19.1 Å². The van der Waals surface area contributed by atoms with Crippen LogP contribution in [0.2, 0.25) is 0 Å². The van der Waals surface area contributed by atoms with Gasteiger partial charge in [-0.15, -0.1) is 0 Å². The van der Waals surface area contributed by atoms with Crippen molar-refractivity contribution >= 4 is 17.5 Å². The van der Waals surface area contributed by atoms with Crippen LogP contribution in [0.4, 0.5) is 10.1 Å². The van der Waals surface area contributed by atoms with Crippen molar-refractivity contribution in [3.8, 4) is 16.9 Å². The lowest BCUT2D eigenvalue weighted by Crippen LogP contribution is -2.19. The molecule has 0 spiro atoms. The normalized spacial score (nSPS) is 13.4. The average Bonchev–Trinajstić information content (AvgIpc) is 2.45. The third-order valence-corrected chi connectivity index (χ3v) is 3.60. The van der Waals surface area contributed by atoms with Gasteiger partial charge >= 0.3 is 0 Å². The van der Waals surface area contributed by atoms with Crippen LogP contribution in [0.25, 0.3) is 11.1 Å². The van der Waals surface area contributed by atoms with Gasteiger partial charge in [-0.1, -0.05) is 0 Å². The first kappa shape index (κ1) is 14.1. The predicted molar refractivity (Wildman–Crippen MR) is 79.0 cm³/mol. The molecule has 4 N–H and O–H groups in total. The summed E-state index contributed by atoms with van der Waals surface area (Å²) in [4.78, 5) is 22.6. The average molecular weight is 300 g/mol. The summed E-state index contributed by atoms with van der Waals surface area (Å²) in [5.74, 6) is -1.57. The van der Waals surface area contributed by atoms with Crippen LogP contribution in [0.15, 0.2) is 30.3 Å². The molecular formula is C16H13FN2O3. The zero-order valence-electron chi connectivity index (χ0n) is 11.5. The first-order valence-corrected chi connectivity index (χ1v) is 6.70. The first-order chi connectivity index (χ1) is 10.4. The van der Waals surface area contributed by atoms with Crippen LogP contribution in [-0.2, 0) is 11.2 Å². The van der Waals surface area contributed by atoms with Gasteiger partial charge < -0.3 is 16.2 Å². The maximum atomic E-state index is 14.3. The van der Waals surface area contributed by atoms with E-state index in [2.05, 4.69) is 5.32 Å². The Bertz CT molecular complexity index is 802. The Balaban J connectivity index is 2.13. The number of carbonyl (C=O) groups excluding carboxylic acids is 2. The molecule has 1 aliphatic heterocycles. The minimum absolute atomic E-state index is 0.0976. The number of phenols is 1. The van der Waals surface area contributed by atoms with Crippen LogP contribution >= 0.6 is 0 Å². The van der Waals surface area contributed by atoms with Crippen molar-refractivity contribution in [2.75, 3.05) is 5.32 Å². The highest BCUT2D eigenvalue weighted by Gasteiger charge is 2.19. The fourth-order valence-corrected chi connectivity index (χ4v) is 2.53. The van der Waals surface area contributed by atoms with Gasteiger partial charge in [0.05, 0.1) is 0 Å². The van der Waals surface area contributed by atoms with Crippen LogP contribution in [0.3, 0.4) is 0 Å². The number of benzene rings is 2. The van der Waals surface area contributed by atoms with Crippen molar-refractivity contribution in [3.63, 3.8) is 0 Å². The molecular weight excluding hydrogens is 287 g/mol. The summed E-state index contributed by atoms with van der Waals surface area (Å²) in [5.41, 5.74) is 7.15. The second-order valence-corrected chi connectivity index (χ2v) is 5.17. The van der Waals surface area contributed by atoms with Crippen LogP contribution in [0.5, 0.6) is 5.75 Å². The molecule has 5 nitrogen and oxygen atoms in total. The monoisotopic (exact) mass is 300 g/mol. The number of hydrogen-bond donors (Lipinski definition) is 3. The standard InChI is InChI=1S/C16H13FN2O3/c17-13-7-14-8(1-2-15(21)19-14)6-12(13)9-3-10(16(18)22)5-11(20)4-9/h3-7,20H,1-2H2,(H2,18,22)(H,19,21). The number of phenolic OH excluding ortho intramolecular Hbond substituents is 1. The molecule has 3 rings (SSSR count). The van der Waals surface area contributed by atoms with E-state index < -0.39 is 11.7 Å². The first-order valence-electron chi connectivity index (χ1n) is 6.70. The maximum Gasteiger partial charge on any atom is 0.248 e. The summed E-state index contributed by atoms with van der Waals surface area (Å²) in [6.07, 6.45) is 0.848. The molecule has 1 heterocycles. The Morgan fingerprint density at radius 3 is 2.68 bits per heavy atom. The highest BCUT2D eigenvalue weighted by Crippen LogP contribution is 2.33. The van der Waals surface area contributed by atoms with Crippen molar-refractivity contribution in [1.29, 1.82) is 0 Å². The third-order valence-electron chi connectivity index (χ3n) is 3.60. The molecule has 0 unspecified atom stereocenters. The minimum Gasteiger partial charge on any atom is -0.508 e. The molecule has 2 aromatic rings. The smallest absolute Gasteiger partial charge is 0.248 e. The van der Waals surface area contributed by atoms with Crippen molar-refractivity contribution in [1.82, 2.24) is 0 Å². The fraction of sp³-hybridized carbons (Fsp3) is 0.125. The highest BCUT2D eigenvalue weighted by molar-refractivity contribution is 5.96. The van der Waals surface area contributed by atoms with Crippen molar-refractivity contribution in [3.05, 3.63) is 47.3 Å². The Hall–Kier alpha value is -2.89. The fourth-order valence-electron chi connectivity index (χ4n) is 2.53. The largest absolute Gasteiger partial charge is 0.508 e. The molecule has 0 aliphatic carbocycles. The molecule has 0 radical (unpaired) electrons. The van der Waals surface area contributed by atoms with E-state index in [1.807, 2.05) is 0 Å². The summed E-state index contributed by atoms with van der Waals surface area (Å²) in [6.45, 7) is 0. The van der Waals surface area contributed by atoms with E-state index in [1.165, 1.54) is 24.3 Å². The van der Waals surface area contributed by atoms with Gasteiger partial charge in [-0.25, -0.2) is 4.39 Å². The summed E-state index contributed by atoms with van der Waals surface area (Å²) in [6, 6.07) is 6.87. The second-order valence-electron chi connectivity index (χ2n) is 5.17. The third kappa shape index (κ3) is 2.50. The summed E-state index contributed by atoms with van der Waals surface area (Å²) in [7, 11) is 0. The maximum absolute atomic E-state index is 14.3. The molecule has 0 aromatic heterocycles. The number of rotatable bonds is 2. The molecule has 112 valence electrons. The molecule has 2 amide bonds. The number of primary amides is 1. The number of nitrogens with two attached hydrogens (primary N) is 1.